The number of benzene rings is 1. The van der Waals surface area contributed by atoms with E-state index in [1.54, 1.807) is 0 Å². The van der Waals surface area contributed by atoms with Gasteiger partial charge in [-0.2, -0.15) is 0 Å². The van der Waals surface area contributed by atoms with E-state index in [0.29, 0.717) is 11.1 Å². The molecule has 2 aliphatic heterocycles. The standard InChI is InChI=1S/C14H12N2O6/c15-13-9(19)7(17)11(21-13)5-1-2-6(4-3-5)12-8(18)10(20)14(16)22-12/h1-4,11-12,19-20H,15-16H2/t11-,12-/m1/s1. The number of aliphatic hydroxyl groups excluding tert-OH is 2. The monoisotopic (exact) mass is 304 g/mol. The van der Waals surface area contributed by atoms with Gasteiger partial charge in [0.15, 0.2) is 12.2 Å². The summed E-state index contributed by atoms with van der Waals surface area (Å²) in [4.78, 5) is 23.5. The first-order valence-corrected chi connectivity index (χ1v) is 6.29. The maximum atomic E-state index is 11.7. The van der Waals surface area contributed by atoms with Crippen molar-refractivity contribution in [2.45, 2.75) is 12.2 Å². The highest BCUT2D eigenvalue weighted by atomic mass is 16.5. The Bertz CT molecular complexity index is 671. The lowest BCUT2D eigenvalue weighted by molar-refractivity contribution is -0.124. The molecule has 8 heteroatoms. The first-order chi connectivity index (χ1) is 10.4. The highest BCUT2D eigenvalue weighted by Crippen LogP contribution is 2.33. The van der Waals surface area contributed by atoms with E-state index in [9.17, 15) is 19.8 Å². The highest BCUT2D eigenvalue weighted by Gasteiger charge is 2.37. The SMILES string of the molecule is NC1=C(O)C(=O)[C@@H](c2ccc([C@H]3OC(N)=C(O)C3=O)cc2)O1. The number of aliphatic hydroxyl groups is 2. The molecule has 6 N–H and O–H groups in total. The van der Waals surface area contributed by atoms with Crippen LogP contribution < -0.4 is 11.5 Å². The van der Waals surface area contributed by atoms with Crippen molar-refractivity contribution >= 4 is 11.6 Å². The summed E-state index contributed by atoms with van der Waals surface area (Å²) in [6.07, 6.45) is -2.04. The zero-order valence-corrected chi connectivity index (χ0v) is 11.1. The smallest absolute Gasteiger partial charge is 0.247 e. The molecule has 22 heavy (non-hydrogen) atoms. The predicted octanol–water partition coefficient (Wildman–Crippen LogP) is 0.339. The van der Waals surface area contributed by atoms with Crippen LogP contribution in [0.4, 0.5) is 0 Å². The zero-order chi connectivity index (χ0) is 16.0. The number of ether oxygens (including phenoxy) is 2. The number of nitrogens with two attached hydrogens (primary N) is 2. The third kappa shape index (κ3) is 1.93. The fraction of sp³-hybridized carbons (Fsp3) is 0.143. The lowest BCUT2D eigenvalue weighted by Crippen LogP contribution is -2.12. The van der Waals surface area contributed by atoms with E-state index in [-0.39, 0.29) is 11.8 Å². The molecule has 1 aromatic carbocycles. The Morgan fingerprint density at radius 2 is 1.09 bits per heavy atom. The van der Waals surface area contributed by atoms with Crippen LogP contribution in [0.5, 0.6) is 0 Å². The van der Waals surface area contributed by atoms with Gasteiger partial charge in [-0.3, -0.25) is 9.59 Å². The van der Waals surface area contributed by atoms with Gasteiger partial charge >= 0.3 is 0 Å². The van der Waals surface area contributed by atoms with Crippen molar-refractivity contribution < 1.29 is 29.3 Å². The molecule has 0 spiro atoms. The Labute approximate surface area is 124 Å². The Kier molecular flexibility index (Phi) is 2.94. The molecule has 2 heterocycles. The third-order valence-electron chi connectivity index (χ3n) is 3.44. The minimum Gasteiger partial charge on any atom is -0.501 e. The zero-order valence-electron chi connectivity index (χ0n) is 11.1. The van der Waals surface area contributed by atoms with Crippen molar-refractivity contribution in [1.82, 2.24) is 0 Å². The molecule has 0 radical (unpaired) electrons. The Morgan fingerprint density at radius 3 is 1.32 bits per heavy atom. The summed E-state index contributed by atoms with van der Waals surface area (Å²) in [6.45, 7) is 0. The van der Waals surface area contributed by atoms with Crippen LogP contribution in [0.1, 0.15) is 23.3 Å². The van der Waals surface area contributed by atoms with Crippen molar-refractivity contribution in [2.75, 3.05) is 0 Å². The van der Waals surface area contributed by atoms with E-state index >= 15 is 0 Å². The second kappa shape index (κ2) is 4.69. The van der Waals surface area contributed by atoms with Crippen molar-refractivity contribution in [3.63, 3.8) is 0 Å². The second-order valence-corrected chi connectivity index (χ2v) is 4.82. The van der Waals surface area contributed by atoms with E-state index in [1.165, 1.54) is 24.3 Å². The van der Waals surface area contributed by atoms with Crippen molar-refractivity contribution in [3.05, 3.63) is 58.7 Å². The van der Waals surface area contributed by atoms with Gasteiger partial charge in [0.2, 0.25) is 34.9 Å². The molecular weight excluding hydrogens is 292 g/mol. The van der Waals surface area contributed by atoms with Gasteiger partial charge in [0, 0.05) is 11.1 Å². The molecule has 0 fully saturated rings. The number of hydrogen-bond acceptors (Lipinski definition) is 8. The average Bonchev–Trinajstić information content (AvgIpc) is 2.92. The van der Waals surface area contributed by atoms with Crippen molar-refractivity contribution in [3.8, 4) is 0 Å². The molecule has 0 amide bonds. The largest absolute Gasteiger partial charge is 0.501 e. The summed E-state index contributed by atoms with van der Waals surface area (Å²) >= 11 is 0. The summed E-state index contributed by atoms with van der Waals surface area (Å²) in [7, 11) is 0. The van der Waals surface area contributed by atoms with Gasteiger partial charge in [0.25, 0.3) is 0 Å². The van der Waals surface area contributed by atoms with Gasteiger partial charge in [0.1, 0.15) is 0 Å². The van der Waals surface area contributed by atoms with Gasteiger partial charge in [-0.05, 0) is 0 Å². The van der Waals surface area contributed by atoms with Gasteiger partial charge < -0.3 is 31.2 Å². The number of hydrogen-bond donors (Lipinski definition) is 4. The first-order valence-electron chi connectivity index (χ1n) is 6.29. The van der Waals surface area contributed by atoms with E-state index in [4.69, 9.17) is 20.9 Å². The van der Waals surface area contributed by atoms with Crippen LogP contribution >= 0.6 is 0 Å². The fourth-order valence-corrected chi connectivity index (χ4v) is 2.25. The molecule has 1 aromatic rings. The maximum Gasteiger partial charge on any atom is 0.247 e. The molecule has 2 aliphatic rings. The quantitative estimate of drug-likeness (QED) is 0.612. The van der Waals surface area contributed by atoms with E-state index < -0.39 is 35.3 Å². The average molecular weight is 304 g/mol. The number of carbonyl (C=O) groups excluding carboxylic acids is 2. The van der Waals surface area contributed by atoms with Crippen LogP contribution in [0.2, 0.25) is 0 Å². The fourth-order valence-electron chi connectivity index (χ4n) is 2.25. The highest BCUT2D eigenvalue weighted by molar-refractivity contribution is 6.00. The first kappa shape index (κ1) is 13.8. The molecule has 0 saturated carbocycles. The minimum atomic E-state index is -1.02. The molecule has 0 aliphatic carbocycles. The molecule has 114 valence electrons. The second-order valence-electron chi connectivity index (χ2n) is 4.82. The van der Waals surface area contributed by atoms with Crippen LogP contribution in [0.15, 0.2) is 47.5 Å². The third-order valence-corrected chi connectivity index (χ3v) is 3.44. The number of rotatable bonds is 2. The summed E-state index contributed by atoms with van der Waals surface area (Å²) in [5.74, 6) is -3.13. The molecule has 8 nitrogen and oxygen atoms in total. The number of carbonyl (C=O) groups is 2. The Balaban J connectivity index is 1.81. The van der Waals surface area contributed by atoms with E-state index in [1.807, 2.05) is 0 Å². The van der Waals surface area contributed by atoms with Crippen LogP contribution in [0.25, 0.3) is 0 Å². The summed E-state index contributed by atoms with van der Waals surface area (Å²) < 4.78 is 10.2. The number of Topliss-reactive ketones (excluding diaryl/α,β-unsaturated/α-hetero) is 2. The lowest BCUT2D eigenvalue weighted by Gasteiger charge is -2.13. The van der Waals surface area contributed by atoms with Crippen LogP contribution in [0.3, 0.4) is 0 Å². The van der Waals surface area contributed by atoms with E-state index in [2.05, 4.69) is 0 Å². The van der Waals surface area contributed by atoms with Gasteiger partial charge in [-0.1, -0.05) is 24.3 Å². The summed E-state index contributed by atoms with van der Waals surface area (Å²) in [5, 5.41) is 18.8. The Hall–Kier alpha value is -3.16. The van der Waals surface area contributed by atoms with Gasteiger partial charge in [-0.25, -0.2) is 0 Å². The normalized spacial score (nSPS) is 24.7. The maximum absolute atomic E-state index is 11.7. The number of ketones is 2. The summed E-state index contributed by atoms with van der Waals surface area (Å²) in [5.41, 5.74) is 11.6. The minimum absolute atomic E-state index is 0.324. The lowest BCUT2D eigenvalue weighted by atomic mass is 10.0. The van der Waals surface area contributed by atoms with Gasteiger partial charge in [0.05, 0.1) is 0 Å². The van der Waals surface area contributed by atoms with Gasteiger partial charge in [-0.15, -0.1) is 0 Å². The van der Waals surface area contributed by atoms with E-state index in [0.717, 1.165) is 0 Å². The summed E-state index contributed by atoms with van der Waals surface area (Å²) in [6, 6.07) is 6.13. The molecule has 2 atom stereocenters. The van der Waals surface area contributed by atoms with Crippen molar-refractivity contribution in [2.24, 2.45) is 11.5 Å². The van der Waals surface area contributed by atoms with Crippen LogP contribution in [0, 0.1) is 0 Å². The predicted molar refractivity (Wildman–Crippen MR) is 71.8 cm³/mol. The molecule has 3 rings (SSSR count). The van der Waals surface area contributed by atoms with Crippen LogP contribution in [-0.4, -0.2) is 21.8 Å². The van der Waals surface area contributed by atoms with Crippen LogP contribution in [-0.2, 0) is 19.1 Å². The topological polar surface area (TPSA) is 145 Å². The molecule has 0 aromatic heterocycles. The molecule has 0 bridgehead atoms. The van der Waals surface area contributed by atoms with Crippen molar-refractivity contribution in [1.29, 1.82) is 0 Å². The molecule has 0 unspecified atom stereocenters. The molecule has 0 saturated heterocycles. The molecular formula is C14H12N2O6. The Morgan fingerprint density at radius 1 is 0.773 bits per heavy atom.